The largest absolute Gasteiger partial charge is 0.369 e. The number of rotatable bonds is 9. The molecule has 7 heteroatoms. The van der Waals surface area contributed by atoms with Crippen LogP contribution < -0.4 is 16.4 Å². The lowest BCUT2D eigenvalue weighted by molar-refractivity contribution is -0.130. The Labute approximate surface area is 208 Å². The van der Waals surface area contributed by atoms with E-state index in [0.717, 1.165) is 30.0 Å². The number of allylic oxidation sites excluding steroid dienone is 1. The molecule has 1 aromatic carbocycles. The third-order valence-electron chi connectivity index (χ3n) is 7.24. The molecule has 1 aromatic rings. The number of anilines is 1. The summed E-state index contributed by atoms with van der Waals surface area (Å²) in [5.41, 5.74) is 8.50. The highest BCUT2D eigenvalue weighted by atomic mass is 16.2. The van der Waals surface area contributed by atoms with Gasteiger partial charge in [-0.05, 0) is 67.2 Å². The number of guanidine groups is 1. The Bertz CT molecular complexity index is 1020. The molecule has 0 radical (unpaired) electrons. The van der Waals surface area contributed by atoms with Gasteiger partial charge in [0.25, 0.3) is 5.91 Å². The molecule has 3 amide bonds. The summed E-state index contributed by atoms with van der Waals surface area (Å²) in [6, 6.07) is 7.97. The topological polar surface area (TPSA) is 99.8 Å². The molecule has 2 aliphatic carbocycles. The van der Waals surface area contributed by atoms with E-state index in [1.165, 1.54) is 24.8 Å². The number of nitrogens with one attached hydrogen (secondary N) is 2. The van der Waals surface area contributed by atoms with E-state index in [2.05, 4.69) is 53.8 Å². The van der Waals surface area contributed by atoms with E-state index in [9.17, 15) is 9.59 Å². The van der Waals surface area contributed by atoms with Crippen LogP contribution in [0.15, 0.2) is 53.1 Å². The first kappa shape index (κ1) is 25.0. The number of carbonyl (C=O) groups is 2. The van der Waals surface area contributed by atoms with Gasteiger partial charge in [-0.25, -0.2) is 9.79 Å². The van der Waals surface area contributed by atoms with Crippen molar-refractivity contribution >= 4 is 23.6 Å². The molecule has 4 rings (SSSR count). The zero-order valence-corrected chi connectivity index (χ0v) is 21.2. The van der Waals surface area contributed by atoms with Crippen LogP contribution in [-0.4, -0.2) is 41.4 Å². The number of nitrogens with zero attached hydrogens (tertiary/aromatic N) is 2. The van der Waals surface area contributed by atoms with Gasteiger partial charge in [0, 0.05) is 12.2 Å². The maximum Gasteiger partial charge on any atom is 0.319 e. The fourth-order valence-corrected chi connectivity index (χ4v) is 5.15. The summed E-state index contributed by atoms with van der Waals surface area (Å²) in [6.07, 6.45) is 12.9. The standard InChI is InChI=1S/C28H39N5O2/c1-19(2)16-28(3)25(34)33(26(29)32-28)18-23-9-7-22(8-10-23)17-30-27(35)31-24-13-11-21(12-14-24)15-20-5-4-6-20/h7,9-14,19-20,22H,4-6,8,15-18H2,1-3H3,(H2,29,32)(H2,30,31,35). The van der Waals surface area contributed by atoms with Gasteiger partial charge in [0.05, 0.1) is 6.54 Å². The SMILES string of the molecule is CC(C)CC1(C)N=C(N)N(CC2=CCC(CNC(=O)Nc3ccc(CC4CCC4)cc3)C=C2)C1=O. The highest BCUT2D eigenvalue weighted by Crippen LogP contribution is 2.31. The van der Waals surface area contributed by atoms with Gasteiger partial charge in [-0.1, -0.05) is 63.5 Å². The first-order chi connectivity index (χ1) is 16.7. The van der Waals surface area contributed by atoms with Crippen LogP contribution in [0, 0.1) is 17.8 Å². The van der Waals surface area contributed by atoms with Crippen molar-refractivity contribution in [2.75, 3.05) is 18.4 Å². The summed E-state index contributed by atoms with van der Waals surface area (Å²) < 4.78 is 0. The Morgan fingerprint density at radius 3 is 2.60 bits per heavy atom. The van der Waals surface area contributed by atoms with Crippen molar-refractivity contribution in [3.8, 4) is 0 Å². The highest BCUT2D eigenvalue weighted by molar-refractivity contribution is 6.06. The van der Waals surface area contributed by atoms with Gasteiger partial charge in [0.15, 0.2) is 5.96 Å². The molecule has 0 aromatic heterocycles. The van der Waals surface area contributed by atoms with Crippen LogP contribution in [0.1, 0.15) is 58.4 Å². The van der Waals surface area contributed by atoms with Crippen LogP contribution >= 0.6 is 0 Å². The van der Waals surface area contributed by atoms with Crippen molar-refractivity contribution in [3.05, 3.63) is 53.6 Å². The zero-order chi connectivity index (χ0) is 25.0. The molecule has 0 bridgehead atoms. The van der Waals surface area contributed by atoms with Crippen molar-refractivity contribution in [1.82, 2.24) is 10.2 Å². The summed E-state index contributed by atoms with van der Waals surface area (Å²) in [4.78, 5) is 31.4. The quantitative estimate of drug-likeness (QED) is 0.484. The minimum atomic E-state index is -0.770. The Kier molecular flexibility index (Phi) is 7.63. The third kappa shape index (κ3) is 6.32. The van der Waals surface area contributed by atoms with E-state index in [0.29, 0.717) is 31.4 Å². The Hall–Kier alpha value is -3.09. The summed E-state index contributed by atoms with van der Waals surface area (Å²) in [7, 11) is 0. The van der Waals surface area contributed by atoms with Gasteiger partial charge in [0.1, 0.15) is 5.54 Å². The minimum absolute atomic E-state index is 0.0328. The van der Waals surface area contributed by atoms with Gasteiger partial charge in [-0.3, -0.25) is 9.69 Å². The number of hydrogen-bond acceptors (Lipinski definition) is 4. The molecular weight excluding hydrogens is 438 g/mol. The average Bonchev–Trinajstić information content (AvgIpc) is 2.99. The molecule has 0 saturated heterocycles. The van der Waals surface area contributed by atoms with Crippen molar-refractivity contribution in [3.63, 3.8) is 0 Å². The van der Waals surface area contributed by atoms with Crippen LogP contribution in [-0.2, 0) is 11.2 Å². The number of amides is 3. The molecule has 188 valence electrons. The molecule has 1 saturated carbocycles. The first-order valence-electron chi connectivity index (χ1n) is 12.9. The Morgan fingerprint density at radius 1 is 1.26 bits per heavy atom. The second-order valence-electron chi connectivity index (χ2n) is 10.9. The van der Waals surface area contributed by atoms with E-state index in [-0.39, 0.29) is 17.9 Å². The predicted octanol–water partition coefficient (Wildman–Crippen LogP) is 4.61. The van der Waals surface area contributed by atoms with E-state index in [1.54, 1.807) is 4.90 Å². The molecule has 1 heterocycles. The average molecular weight is 478 g/mol. The monoisotopic (exact) mass is 477 g/mol. The predicted molar refractivity (Wildman–Crippen MR) is 141 cm³/mol. The molecule has 2 unspecified atom stereocenters. The lowest BCUT2D eigenvalue weighted by atomic mass is 9.81. The second-order valence-corrected chi connectivity index (χ2v) is 10.9. The van der Waals surface area contributed by atoms with Crippen LogP contribution in [0.4, 0.5) is 10.5 Å². The summed E-state index contributed by atoms with van der Waals surface area (Å²) in [6.45, 7) is 7.00. The number of nitrogens with two attached hydrogens (primary N) is 1. The number of hydrogen-bond donors (Lipinski definition) is 3. The normalized spacial score (nSPS) is 24.3. The van der Waals surface area contributed by atoms with E-state index >= 15 is 0 Å². The molecular formula is C28H39N5O2. The van der Waals surface area contributed by atoms with Crippen molar-refractivity contribution in [2.24, 2.45) is 28.5 Å². The number of carbonyl (C=O) groups excluding carboxylic acids is 2. The molecule has 35 heavy (non-hydrogen) atoms. The van der Waals surface area contributed by atoms with Crippen molar-refractivity contribution in [2.45, 2.75) is 64.8 Å². The molecule has 7 nitrogen and oxygen atoms in total. The van der Waals surface area contributed by atoms with E-state index in [1.807, 2.05) is 25.1 Å². The van der Waals surface area contributed by atoms with Gasteiger partial charge < -0.3 is 16.4 Å². The second kappa shape index (κ2) is 10.7. The van der Waals surface area contributed by atoms with Crippen LogP contribution in [0.25, 0.3) is 0 Å². The van der Waals surface area contributed by atoms with Crippen LogP contribution in [0.3, 0.4) is 0 Å². The zero-order valence-electron chi connectivity index (χ0n) is 21.2. The Morgan fingerprint density at radius 2 is 2.00 bits per heavy atom. The van der Waals surface area contributed by atoms with Crippen LogP contribution in [0.2, 0.25) is 0 Å². The molecule has 3 aliphatic rings. The molecule has 1 aliphatic heterocycles. The van der Waals surface area contributed by atoms with Gasteiger partial charge in [0.2, 0.25) is 0 Å². The summed E-state index contributed by atoms with van der Waals surface area (Å²) in [5.74, 6) is 1.66. The first-order valence-corrected chi connectivity index (χ1v) is 12.9. The number of benzene rings is 1. The van der Waals surface area contributed by atoms with Gasteiger partial charge in [-0.2, -0.15) is 0 Å². The smallest absolute Gasteiger partial charge is 0.319 e. The fourth-order valence-electron chi connectivity index (χ4n) is 5.15. The molecule has 0 spiro atoms. The van der Waals surface area contributed by atoms with Crippen molar-refractivity contribution < 1.29 is 9.59 Å². The van der Waals surface area contributed by atoms with Crippen molar-refractivity contribution in [1.29, 1.82) is 0 Å². The highest BCUT2D eigenvalue weighted by Gasteiger charge is 2.44. The lowest BCUT2D eigenvalue weighted by Crippen LogP contribution is -2.44. The van der Waals surface area contributed by atoms with Crippen LogP contribution in [0.5, 0.6) is 0 Å². The summed E-state index contributed by atoms with van der Waals surface area (Å²) >= 11 is 0. The third-order valence-corrected chi connectivity index (χ3v) is 7.24. The number of aliphatic imine (C=N–C) groups is 1. The molecule has 2 atom stereocenters. The maximum atomic E-state index is 12.9. The summed E-state index contributed by atoms with van der Waals surface area (Å²) in [5, 5.41) is 5.88. The van der Waals surface area contributed by atoms with E-state index < -0.39 is 5.54 Å². The number of urea groups is 1. The maximum absolute atomic E-state index is 12.9. The van der Waals surface area contributed by atoms with Gasteiger partial charge >= 0.3 is 6.03 Å². The molecule has 4 N–H and O–H groups in total. The Balaban J connectivity index is 1.20. The fraction of sp³-hybridized carbons (Fsp3) is 0.536. The minimum Gasteiger partial charge on any atom is -0.369 e. The molecule has 1 fully saturated rings. The lowest BCUT2D eigenvalue weighted by Gasteiger charge is -2.25. The van der Waals surface area contributed by atoms with Gasteiger partial charge in [-0.15, -0.1) is 0 Å². The van der Waals surface area contributed by atoms with E-state index in [4.69, 9.17) is 5.73 Å².